The number of ether oxygens (including phenoxy) is 1. The normalized spacial score (nSPS) is 17.4. The van der Waals surface area contributed by atoms with Crippen LogP contribution in [0.5, 0.6) is 0 Å². The monoisotopic (exact) mass is 252 g/mol. The molecule has 0 aromatic heterocycles. The summed E-state index contributed by atoms with van der Waals surface area (Å²) < 4.78 is 26.4. The first-order valence-corrected chi connectivity index (χ1v) is 6.01. The van der Waals surface area contributed by atoms with Crippen LogP contribution in [-0.4, -0.2) is 37.0 Å². The molecule has 0 aliphatic carbocycles. The predicted octanol–water partition coefficient (Wildman–Crippen LogP) is 0.487. The van der Waals surface area contributed by atoms with E-state index < -0.39 is 34.3 Å². The minimum atomic E-state index is -2.49. The topological polar surface area (TPSA) is 98.7 Å². The van der Waals surface area contributed by atoms with Crippen LogP contribution in [0.4, 0.5) is 4.79 Å². The van der Waals surface area contributed by atoms with Gasteiger partial charge in [0.2, 0.25) is 0 Å². The van der Waals surface area contributed by atoms with Crippen molar-refractivity contribution in [3.63, 3.8) is 0 Å². The molecule has 6 nitrogen and oxygen atoms in total. The minimum absolute atomic E-state index is 0.0741. The van der Waals surface area contributed by atoms with Gasteiger partial charge in [0.15, 0.2) is 0 Å². The number of carbonyl (C=O) groups is 1. The van der Waals surface area contributed by atoms with Crippen LogP contribution in [0.3, 0.4) is 0 Å². The molecule has 0 aromatic carbocycles. The van der Waals surface area contributed by atoms with Crippen molar-refractivity contribution in [2.75, 3.05) is 0 Å². The fraction of sp³-hybridized carbons (Fsp3) is 0.889. The van der Waals surface area contributed by atoms with Crippen molar-refractivity contribution in [2.45, 2.75) is 51.2 Å². The molecule has 96 valence electrons. The van der Waals surface area contributed by atoms with Crippen molar-refractivity contribution in [3.8, 4) is 0 Å². The molecule has 0 bridgehead atoms. The number of hydrogen-bond acceptors (Lipinski definition) is 5. The maximum atomic E-state index is 11.3. The highest BCUT2D eigenvalue weighted by molar-refractivity contribution is 7.79. The maximum absolute atomic E-state index is 11.3. The van der Waals surface area contributed by atoms with Crippen molar-refractivity contribution in [2.24, 2.45) is 0 Å². The third kappa shape index (κ3) is 7.61. The van der Waals surface area contributed by atoms with Gasteiger partial charge in [0, 0.05) is 6.42 Å². The van der Waals surface area contributed by atoms with E-state index in [1.807, 2.05) is 0 Å². The van der Waals surface area contributed by atoms with Gasteiger partial charge in [-0.15, -0.1) is 0 Å². The van der Waals surface area contributed by atoms with Crippen LogP contribution in [-0.2, 0) is 15.8 Å². The van der Waals surface area contributed by atoms with E-state index in [1.165, 1.54) is 6.92 Å². The third-order valence-electron chi connectivity index (χ3n) is 1.47. The first kappa shape index (κ1) is 15.3. The Morgan fingerprint density at radius 1 is 1.56 bits per heavy atom. The number of hydrogen-bond donors (Lipinski definition) is 2. The molecule has 0 radical (unpaired) electrons. The standard InChI is InChI=1S/C9H19NO5S/c1-6(11)5-7(16(13)14)10-8(12)15-9(2,3)4/h6-7,11H,5H2,1-4H3,(H,10,12)(H,13,14)/p-1. The van der Waals surface area contributed by atoms with Gasteiger partial charge in [-0.1, -0.05) is 0 Å². The van der Waals surface area contributed by atoms with E-state index in [9.17, 15) is 13.6 Å². The second-order valence-corrected chi connectivity index (χ2v) is 5.57. The third-order valence-corrected chi connectivity index (χ3v) is 2.24. The summed E-state index contributed by atoms with van der Waals surface area (Å²) in [6.07, 6.45) is -1.71. The number of aliphatic hydroxyl groups excluding tert-OH is 1. The number of alkyl carbamates (subject to hydrolysis) is 1. The lowest BCUT2D eigenvalue weighted by Gasteiger charge is -2.25. The van der Waals surface area contributed by atoms with Gasteiger partial charge < -0.3 is 19.7 Å². The number of amides is 1. The second kappa shape index (κ2) is 6.17. The molecule has 1 amide bonds. The van der Waals surface area contributed by atoms with E-state index in [2.05, 4.69) is 5.32 Å². The van der Waals surface area contributed by atoms with Crippen LogP contribution in [0, 0.1) is 0 Å². The van der Waals surface area contributed by atoms with Crippen LogP contribution < -0.4 is 5.32 Å². The van der Waals surface area contributed by atoms with Gasteiger partial charge in [-0.05, 0) is 38.8 Å². The molecule has 2 N–H and O–H groups in total. The molecule has 3 unspecified atom stereocenters. The average molecular weight is 252 g/mol. The summed E-state index contributed by atoms with van der Waals surface area (Å²) in [5.41, 5.74) is -0.691. The van der Waals surface area contributed by atoms with E-state index in [4.69, 9.17) is 9.84 Å². The first-order valence-electron chi connectivity index (χ1n) is 4.87. The number of carbonyl (C=O) groups excluding carboxylic acids is 1. The highest BCUT2D eigenvalue weighted by Crippen LogP contribution is 2.08. The lowest BCUT2D eigenvalue weighted by atomic mass is 10.2. The Morgan fingerprint density at radius 2 is 2.06 bits per heavy atom. The van der Waals surface area contributed by atoms with Crippen molar-refractivity contribution >= 4 is 17.2 Å². The fourth-order valence-corrected chi connectivity index (χ4v) is 1.56. The van der Waals surface area contributed by atoms with Crippen LogP contribution in [0.2, 0.25) is 0 Å². The summed E-state index contributed by atoms with van der Waals surface area (Å²) >= 11 is -2.49. The molecule has 0 heterocycles. The van der Waals surface area contributed by atoms with Gasteiger partial charge >= 0.3 is 6.09 Å². The number of rotatable bonds is 4. The summed E-state index contributed by atoms with van der Waals surface area (Å²) in [5.74, 6) is 0. The Bertz CT molecular complexity index is 261. The molecule has 3 atom stereocenters. The molecule has 0 saturated carbocycles. The highest BCUT2D eigenvalue weighted by atomic mass is 32.2. The zero-order valence-corrected chi connectivity index (χ0v) is 10.7. The van der Waals surface area contributed by atoms with Gasteiger partial charge in [-0.25, -0.2) is 4.79 Å². The molecule has 0 spiro atoms. The summed E-state index contributed by atoms with van der Waals surface area (Å²) in [6, 6.07) is 0. The zero-order chi connectivity index (χ0) is 12.9. The summed E-state index contributed by atoms with van der Waals surface area (Å²) in [4.78, 5) is 11.3. The smallest absolute Gasteiger partial charge is 0.408 e. The molecule has 0 saturated heterocycles. The molecular weight excluding hydrogens is 234 g/mol. The maximum Gasteiger partial charge on any atom is 0.408 e. The summed E-state index contributed by atoms with van der Waals surface area (Å²) in [5, 5.41) is 10.1. The molecule has 7 heteroatoms. The Hall–Kier alpha value is -0.660. The number of nitrogens with one attached hydrogen (secondary N) is 1. The van der Waals surface area contributed by atoms with Crippen molar-refractivity contribution < 1.29 is 23.4 Å². The molecular formula is C9H18NO5S-. The summed E-state index contributed by atoms with van der Waals surface area (Å²) in [7, 11) is 0. The second-order valence-electron chi connectivity index (χ2n) is 4.48. The molecule has 0 aliphatic heterocycles. The van der Waals surface area contributed by atoms with Gasteiger partial charge in [-0.3, -0.25) is 4.21 Å². The fourth-order valence-electron chi connectivity index (χ4n) is 0.934. The van der Waals surface area contributed by atoms with E-state index in [0.717, 1.165) is 0 Å². The predicted molar refractivity (Wildman–Crippen MR) is 58.4 cm³/mol. The quantitative estimate of drug-likeness (QED) is 0.709. The van der Waals surface area contributed by atoms with Crippen molar-refractivity contribution in [1.29, 1.82) is 0 Å². The van der Waals surface area contributed by atoms with Crippen LogP contribution in [0.25, 0.3) is 0 Å². The lowest BCUT2D eigenvalue weighted by molar-refractivity contribution is 0.0508. The lowest BCUT2D eigenvalue weighted by Crippen LogP contribution is -2.42. The SMILES string of the molecule is CC(O)CC(NC(=O)OC(C)(C)C)S(=O)[O-]. The van der Waals surface area contributed by atoms with Crippen molar-refractivity contribution in [1.82, 2.24) is 5.32 Å². The Morgan fingerprint density at radius 3 is 2.38 bits per heavy atom. The van der Waals surface area contributed by atoms with Gasteiger partial charge in [0.05, 0.1) is 11.5 Å². The Kier molecular flexibility index (Phi) is 5.91. The minimum Gasteiger partial charge on any atom is -0.771 e. The average Bonchev–Trinajstić information content (AvgIpc) is 1.97. The molecule has 0 fully saturated rings. The summed E-state index contributed by atoms with van der Waals surface area (Å²) in [6.45, 7) is 6.45. The Labute approximate surface area is 97.7 Å². The van der Waals surface area contributed by atoms with Crippen LogP contribution in [0.1, 0.15) is 34.1 Å². The molecule has 0 rings (SSSR count). The molecule has 0 aliphatic rings. The Balaban J connectivity index is 4.30. The molecule has 0 aromatic rings. The van der Waals surface area contributed by atoms with E-state index in [1.54, 1.807) is 20.8 Å². The molecule has 16 heavy (non-hydrogen) atoms. The number of aliphatic hydroxyl groups is 1. The van der Waals surface area contributed by atoms with E-state index in [-0.39, 0.29) is 6.42 Å². The van der Waals surface area contributed by atoms with Gasteiger partial charge in [-0.2, -0.15) is 0 Å². The zero-order valence-electron chi connectivity index (χ0n) is 9.85. The van der Waals surface area contributed by atoms with Crippen LogP contribution >= 0.6 is 0 Å². The highest BCUT2D eigenvalue weighted by Gasteiger charge is 2.20. The van der Waals surface area contributed by atoms with Crippen molar-refractivity contribution in [3.05, 3.63) is 0 Å². The van der Waals surface area contributed by atoms with E-state index >= 15 is 0 Å². The first-order chi connectivity index (χ1) is 7.11. The largest absolute Gasteiger partial charge is 0.771 e. The van der Waals surface area contributed by atoms with Gasteiger partial charge in [0.25, 0.3) is 0 Å². The van der Waals surface area contributed by atoms with Gasteiger partial charge in [0.1, 0.15) is 5.60 Å². The van der Waals surface area contributed by atoms with Crippen LogP contribution in [0.15, 0.2) is 0 Å². The van der Waals surface area contributed by atoms with E-state index in [0.29, 0.717) is 0 Å².